The minimum Gasteiger partial charge on any atom is -0.465 e. The second-order valence-corrected chi connectivity index (χ2v) is 20.0. The van der Waals surface area contributed by atoms with Crippen molar-refractivity contribution in [3.05, 3.63) is 60.3 Å². The van der Waals surface area contributed by atoms with E-state index >= 15 is 0 Å². The molecule has 2 heterocycles. The standard InChI is InChI=1S/C42H59N5O12S4/c1-27(49)23-46-39(55)42(5,62-37(60)29-11-7-6-8-12-29)41(4,25-40(3,26-43)15-14-32(51)57-21-22-61-63-31-13-9-10-16-44-31)38(54)45-17-18-56-19-20-58-36-33(47-28(2)50)35(53)34(52)30(24-48)59-36/h6-13,16,27,30,33-36,48-49,52-53H,14-15,17-25H2,1-5H3,(H,45,54)(H,46,55)(H,47,50). The molecule has 0 radical (unpaired) electrons. The third-order valence-electron chi connectivity index (χ3n) is 10.3. The molecule has 1 fully saturated rings. The fourth-order valence-corrected chi connectivity index (χ4v) is 10.1. The van der Waals surface area contributed by atoms with E-state index in [1.807, 2.05) is 24.3 Å². The molecule has 1 aromatic heterocycles. The molecule has 9 atom stereocenters. The Kier molecular flexibility index (Phi) is 22.7. The van der Waals surface area contributed by atoms with Crippen LogP contribution in [-0.2, 0) is 38.1 Å². The minimum absolute atomic E-state index is 0.00581. The van der Waals surface area contributed by atoms with Gasteiger partial charge in [0.1, 0.15) is 40.7 Å². The fourth-order valence-electron chi connectivity index (χ4n) is 6.57. The Morgan fingerprint density at radius 1 is 1.00 bits per heavy atom. The summed E-state index contributed by atoms with van der Waals surface area (Å²) in [5.41, 5.74) is -2.40. The quantitative estimate of drug-likeness (QED) is 0.0309. The largest absolute Gasteiger partial charge is 0.465 e. The zero-order chi connectivity index (χ0) is 46.6. The number of aliphatic hydroxyl groups excluding tert-OH is 4. The number of amides is 3. The first-order chi connectivity index (χ1) is 29.9. The van der Waals surface area contributed by atoms with Crippen LogP contribution in [0.3, 0.4) is 0 Å². The molecule has 0 aliphatic carbocycles. The Hall–Kier alpha value is -3.40. The van der Waals surface area contributed by atoms with Gasteiger partial charge >= 0.3 is 5.97 Å². The lowest BCUT2D eigenvalue weighted by Crippen LogP contribution is -2.64. The number of carbonyl (C=O) groups excluding carboxylic acids is 4. The Labute approximate surface area is 385 Å². The van der Waals surface area contributed by atoms with Crippen LogP contribution >= 0.6 is 45.6 Å². The SMILES string of the molecule is CC(=O)NC1C(OCCOCCNC(=O)C(C)(CC(C)(C#N)CCC(=O)OCCSSc2ccccn2)C(C)(SC(=S)c2ccccc2)C(=O)NCC(C)O)OC(CO)C(O)C1O. The highest BCUT2D eigenvalue weighted by molar-refractivity contribution is 8.76. The van der Waals surface area contributed by atoms with E-state index in [0.717, 1.165) is 16.8 Å². The second-order valence-electron chi connectivity index (χ2n) is 15.5. The van der Waals surface area contributed by atoms with Crippen LogP contribution in [-0.4, -0.2) is 147 Å². The Balaban J connectivity index is 1.76. The smallest absolute Gasteiger partial charge is 0.305 e. The van der Waals surface area contributed by atoms with Gasteiger partial charge in [-0.05, 0) is 69.0 Å². The number of hydrogen-bond acceptors (Lipinski definition) is 18. The Morgan fingerprint density at radius 2 is 1.71 bits per heavy atom. The summed E-state index contributed by atoms with van der Waals surface area (Å²) in [7, 11) is 2.94. The first kappa shape index (κ1) is 53.9. The van der Waals surface area contributed by atoms with Crippen LogP contribution in [0.4, 0.5) is 0 Å². The van der Waals surface area contributed by atoms with Gasteiger partial charge in [0.05, 0.1) is 53.6 Å². The van der Waals surface area contributed by atoms with Crippen molar-refractivity contribution in [3.8, 4) is 6.07 Å². The third-order valence-corrected chi connectivity index (χ3v) is 14.4. The molecule has 1 aliphatic heterocycles. The third kappa shape index (κ3) is 16.5. The predicted octanol–water partition coefficient (Wildman–Crippen LogP) is 2.53. The van der Waals surface area contributed by atoms with Crippen LogP contribution in [0.25, 0.3) is 0 Å². The van der Waals surface area contributed by atoms with Crippen LogP contribution < -0.4 is 16.0 Å². The highest BCUT2D eigenvalue weighted by Crippen LogP contribution is 2.51. The first-order valence-electron chi connectivity index (χ1n) is 20.3. The number of thioether (sulfide) groups is 1. The number of benzene rings is 1. The maximum absolute atomic E-state index is 14.6. The number of rotatable bonds is 26. The number of pyridine rings is 1. The predicted molar refractivity (Wildman–Crippen MR) is 243 cm³/mol. The van der Waals surface area contributed by atoms with E-state index in [-0.39, 0.29) is 58.8 Å². The number of nitrogens with zero attached hydrogens (tertiary/aromatic N) is 2. The zero-order valence-electron chi connectivity index (χ0n) is 36.0. The fraction of sp³-hybridized carbons (Fsp3) is 0.595. The number of hydrogen-bond donors (Lipinski definition) is 7. The van der Waals surface area contributed by atoms with Gasteiger partial charge in [-0.25, -0.2) is 4.98 Å². The number of ether oxygens (including phenoxy) is 4. The Morgan fingerprint density at radius 3 is 2.35 bits per heavy atom. The minimum atomic E-state index is -1.69. The molecule has 1 saturated heterocycles. The summed E-state index contributed by atoms with van der Waals surface area (Å²) in [6.45, 7) is 6.68. The summed E-state index contributed by atoms with van der Waals surface area (Å²) in [6.07, 6.45) is -4.88. The molecular weight excluding hydrogens is 895 g/mol. The lowest BCUT2D eigenvalue weighted by atomic mass is 9.64. The van der Waals surface area contributed by atoms with Crippen molar-refractivity contribution in [2.45, 2.75) is 100 Å². The molecule has 0 spiro atoms. The van der Waals surface area contributed by atoms with E-state index in [0.29, 0.717) is 15.5 Å². The lowest BCUT2D eigenvalue weighted by Gasteiger charge is -2.46. The van der Waals surface area contributed by atoms with Crippen LogP contribution in [0.1, 0.15) is 59.4 Å². The van der Waals surface area contributed by atoms with E-state index in [1.54, 1.807) is 51.2 Å². The van der Waals surface area contributed by atoms with Crippen molar-refractivity contribution < 1.29 is 58.6 Å². The average molecular weight is 954 g/mol. The molecule has 7 N–H and O–H groups in total. The van der Waals surface area contributed by atoms with E-state index in [2.05, 4.69) is 27.0 Å². The molecule has 9 unspecified atom stereocenters. The summed E-state index contributed by atoms with van der Waals surface area (Å²) in [5, 5.41) is 60.0. The summed E-state index contributed by atoms with van der Waals surface area (Å²) >= 11 is 6.82. The summed E-state index contributed by atoms with van der Waals surface area (Å²) in [5.74, 6) is -1.74. The molecule has 3 amide bonds. The average Bonchev–Trinajstić information content (AvgIpc) is 3.26. The van der Waals surface area contributed by atoms with Gasteiger partial charge in [0.15, 0.2) is 6.29 Å². The summed E-state index contributed by atoms with van der Waals surface area (Å²) in [4.78, 5) is 57.9. The van der Waals surface area contributed by atoms with Gasteiger partial charge in [0.2, 0.25) is 17.7 Å². The van der Waals surface area contributed by atoms with Crippen molar-refractivity contribution in [2.24, 2.45) is 10.8 Å². The van der Waals surface area contributed by atoms with Gasteiger partial charge in [-0.15, -0.1) is 0 Å². The molecule has 0 bridgehead atoms. The highest BCUT2D eigenvalue weighted by atomic mass is 33.1. The van der Waals surface area contributed by atoms with Gasteiger partial charge in [-0.1, -0.05) is 71.2 Å². The van der Waals surface area contributed by atoms with Crippen LogP contribution in [0.2, 0.25) is 0 Å². The molecule has 2 aromatic rings. The molecule has 0 saturated carbocycles. The number of carbonyl (C=O) groups is 4. The number of thiocarbonyl (C=S) groups is 1. The summed E-state index contributed by atoms with van der Waals surface area (Å²) < 4.78 is 21.0. The van der Waals surface area contributed by atoms with E-state index < -0.39 is 82.6 Å². The van der Waals surface area contributed by atoms with Crippen molar-refractivity contribution in [3.63, 3.8) is 0 Å². The number of nitriles is 1. The van der Waals surface area contributed by atoms with Gasteiger partial charge in [0, 0.05) is 38.4 Å². The number of esters is 1. The maximum Gasteiger partial charge on any atom is 0.305 e. The molecule has 348 valence electrons. The second kappa shape index (κ2) is 26.5. The van der Waals surface area contributed by atoms with Gasteiger partial charge < -0.3 is 55.3 Å². The monoisotopic (exact) mass is 953 g/mol. The van der Waals surface area contributed by atoms with Crippen molar-refractivity contribution in [1.82, 2.24) is 20.9 Å². The van der Waals surface area contributed by atoms with Crippen LogP contribution in [0.5, 0.6) is 0 Å². The van der Waals surface area contributed by atoms with Gasteiger partial charge in [-0.3, -0.25) is 19.2 Å². The van der Waals surface area contributed by atoms with Crippen LogP contribution in [0, 0.1) is 22.2 Å². The van der Waals surface area contributed by atoms with Crippen molar-refractivity contribution >= 4 is 73.5 Å². The molecule has 17 nitrogen and oxygen atoms in total. The molecule has 21 heteroatoms. The van der Waals surface area contributed by atoms with Crippen LogP contribution in [0.15, 0.2) is 59.8 Å². The maximum atomic E-state index is 14.6. The molecule has 1 aromatic carbocycles. The normalized spacial score (nSPS) is 21.9. The van der Waals surface area contributed by atoms with E-state index in [1.165, 1.54) is 35.4 Å². The van der Waals surface area contributed by atoms with Gasteiger partial charge in [-0.2, -0.15) is 5.26 Å². The zero-order valence-corrected chi connectivity index (χ0v) is 39.3. The molecular formula is C42H59N5O12S4. The first-order valence-corrected chi connectivity index (χ1v) is 23.8. The number of nitrogens with one attached hydrogen (secondary N) is 3. The lowest BCUT2D eigenvalue weighted by molar-refractivity contribution is -0.272. The van der Waals surface area contributed by atoms with Crippen molar-refractivity contribution in [1.29, 1.82) is 5.26 Å². The number of aliphatic hydroxyl groups is 4. The van der Waals surface area contributed by atoms with E-state index in [4.69, 9.17) is 31.2 Å². The van der Waals surface area contributed by atoms with Crippen molar-refractivity contribution in [2.75, 3.05) is 51.9 Å². The van der Waals surface area contributed by atoms with E-state index in [9.17, 15) is 44.9 Å². The molecule has 1 aliphatic rings. The number of aromatic nitrogens is 1. The summed E-state index contributed by atoms with van der Waals surface area (Å²) in [6, 6.07) is 15.7. The Bertz CT molecular complexity index is 1830. The van der Waals surface area contributed by atoms with Gasteiger partial charge in [0.25, 0.3) is 0 Å². The highest BCUT2D eigenvalue weighted by Gasteiger charge is 2.58. The molecule has 3 rings (SSSR count). The topological polar surface area (TPSA) is 259 Å². The molecule has 63 heavy (non-hydrogen) atoms.